The van der Waals surface area contributed by atoms with E-state index in [0.29, 0.717) is 0 Å². The standard InChI is InChI=1S/C14H26BrNO2/c1-6-14(5,7-8-15)16-13(17)12-9(2)10(3)18-11(12)4/h9-12H,6-8H2,1-5H3,(H,16,17). The highest BCUT2D eigenvalue weighted by Crippen LogP contribution is 2.33. The summed E-state index contributed by atoms with van der Waals surface area (Å²) in [6, 6.07) is 0. The van der Waals surface area contributed by atoms with Crippen LogP contribution >= 0.6 is 15.9 Å². The third-order valence-electron chi connectivity index (χ3n) is 4.40. The lowest BCUT2D eigenvalue weighted by Crippen LogP contribution is -2.50. The molecule has 0 aromatic carbocycles. The fourth-order valence-corrected chi connectivity index (χ4v) is 3.51. The van der Waals surface area contributed by atoms with Gasteiger partial charge in [0.05, 0.1) is 18.1 Å². The molecule has 1 rings (SSSR count). The van der Waals surface area contributed by atoms with Gasteiger partial charge >= 0.3 is 0 Å². The smallest absolute Gasteiger partial charge is 0.226 e. The van der Waals surface area contributed by atoms with Crippen LogP contribution in [0.4, 0.5) is 0 Å². The van der Waals surface area contributed by atoms with Gasteiger partial charge in [0.15, 0.2) is 0 Å². The highest BCUT2D eigenvalue weighted by molar-refractivity contribution is 9.09. The Kier molecular flexibility index (Phi) is 5.66. The zero-order chi connectivity index (χ0) is 13.9. The summed E-state index contributed by atoms with van der Waals surface area (Å²) in [5.74, 6) is 0.399. The van der Waals surface area contributed by atoms with Gasteiger partial charge < -0.3 is 10.1 Å². The van der Waals surface area contributed by atoms with Crippen LogP contribution in [0.3, 0.4) is 0 Å². The third kappa shape index (κ3) is 3.47. The van der Waals surface area contributed by atoms with Crippen LogP contribution in [0.2, 0.25) is 0 Å². The Hall–Kier alpha value is -0.0900. The Morgan fingerprint density at radius 2 is 1.94 bits per heavy atom. The normalized spacial score (nSPS) is 35.2. The summed E-state index contributed by atoms with van der Waals surface area (Å²) in [7, 11) is 0. The lowest BCUT2D eigenvalue weighted by Gasteiger charge is -2.31. The molecule has 0 spiro atoms. The summed E-state index contributed by atoms with van der Waals surface area (Å²) in [6.07, 6.45) is 2.07. The largest absolute Gasteiger partial charge is 0.374 e. The first kappa shape index (κ1) is 16.0. The van der Waals surface area contributed by atoms with E-state index in [1.54, 1.807) is 0 Å². The molecule has 0 bridgehead atoms. The lowest BCUT2D eigenvalue weighted by atomic mass is 9.87. The average Bonchev–Trinajstić information content (AvgIpc) is 2.53. The molecule has 106 valence electrons. The van der Waals surface area contributed by atoms with Crippen molar-refractivity contribution in [1.82, 2.24) is 5.32 Å². The van der Waals surface area contributed by atoms with Crippen molar-refractivity contribution in [3.05, 3.63) is 0 Å². The van der Waals surface area contributed by atoms with Gasteiger partial charge in [-0.1, -0.05) is 29.8 Å². The molecule has 0 aromatic heterocycles. The van der Waals surface area contributed by atoms with Crippen LogP contribution < -0.4 is 5.32 Å². The number of hydrogen-bond donors (Lipinski definition) is 1. The molecule has 1 saturated heterocycles. The van der Waals surface area contributed by atoms with Crippen molar-refractivity contribution < 1.29 is 9.53 Å². The van der Waals surface area contributed by atoms with Gasteiger partial charge in [-0.25, -0.2) is 0 Å². The van der Waals surface area contributed by atoms with Gasteiger partial charge in [-0.05, 0) is 39.5 Å². The Morgan fingerprint density at radius 1 is 1.33 bits per heavy atom. The molecule has 0 saturated carbocycles. The van der Waals surface area contributed by atoms with Crippen LogP contribution in [0, 0.1) is 11.8 Å². The van der Waals surface area contributed by atoms with E-state index in [2.05, 4.69) is 42.0 Å². The molecule has 1 N–H and O–H groups in total. The second kappa shape index (κ2) is 6.38. The number of nitrogens with one attached hydrogen (secondary N) is 1. The molecule has 1 aliphatic rings. The Labute approximate surface area is 119 Å². The van der Waals surface area contributed by atoms with Crippen molar-refractivity contribution in [3.8, 4) is 0 Å². The van der Waals surface area contributed by atoms with E-state index in [1.165, 1.54) is 0 Å². The topological polar surface area (TPSA) is 38.3 Å². The average molecular weight is 320 g/mol. The molecule has 0 aliphatic carbocycles. The highest BCUT2D eigenvalue weighted by atomic mass is 79.9. The minimum Gasteiger partial charge on any atom is -0.374 e. The predicted octanol–water partition coefficient (Wildman–Crippen LogP) is 3.12. The van der Waals surface area contributed by atoms with E-state index in [9.17, 15) is 4.79 Å². The van der Waals surface area contributed by atoms with E-state index < -0.39 is 0 Å². The maximum absolute atomic E-state index is 12.5. The molecule has 3 nitrogen and oxygen atoms in total. The van der Waals surface area contributed by atoms with Crippen molar-refractivity contribution >= 4 is 21.8 Å². The number of amides is 1. The molecule has 1 aliphatic heterocycles. The molecule has 0 aromatic rings. The fourth-order valence-electron chi connectivity index (χ4n) is 2.64. The molecule has 1 amide bonds. The van der Waals surface area contributed by atoms with Gasteiger partial charge in [0.2, 0.25) is 5.91 Å². The quantitative estimate of drug-likeness (QED) is 0.791. The van der Waals surface area contributed by atoms with Crippen LogP contribution in [0.25, 0.3) is 0 Å². The molecular formula is C14H26BrNO2. The summed E-state index contributed by atoms with van der Waals surface area (Å²) in [4.78, 5) is 12.5. The molecule has 5 unspecified atom stereocenters. The number of carbonyl (C=O) groups excluding carboxylic acids is 1. The van der Waals surface area contributed by atoms with Crippen LogP contribution in [0.15, 0.2) is 0 Å². The van der Waals surface area contributed by atoms with Crippen molar-refractivity contribution in [2.45, 2.75) is 65.2 Å². The Balaban J connectivity index is 2.70. The van der Waals surface area contributed by atoms with Gasteiger partial charge in [-0.2, -0.15) is 0 Å². The van der Waals surface area contributed by atoms with Gasteiger partial charge in [0.1, 0.15) is 0 Å². The maximum Gasteiger partial charge on any atom is 0.226 e. The second-order valence-corrected chi connectivity index (χ2v) is 6.57. The van der Waals surface area contributed by atoms with Crippen molar-refractivity contribution in [1.29, 1.82) is 0 Å². The summed E-state index contributed by atoms with van der Waals surface area (Å²) in [5.41, 5.74) is -0.119. The summed E-state index contributed by atoms with van der Waals surface area (Å²) in [5, 5.41) is 4.12. The number of carbonyl (C=O) groups is 1. The molecule has 1 heterocycles. The van der Waals surface area contributed by atoms with Gasteiger partial charge in [0, 0.05) is 10.9 Å². The molecule has 0 radical (unpaired) electrons. The van der Waals surface area contributed by atoms with Crippen molar-refractivity contribution in [2.24, 2.45) is 11.8 Å². The summed E-state index contributed by atoms with van der Waals surface area (Å²) < 4.78 is 5.75. The molecule has 5 atom stereocenters. The van der Waals surface area contributed by atoms with E-state index in [0.717, 1.165) is 18.2 Å². The van der Waals surface area contributed by atoms with E-state index in [1.807, 2.05) is 13.8 Å². The zero-order valence-electron chi connectivity index (χ0n) is 12.1. The minimum atomic E-state index is -0.119. The maximum atomic E-state index is 12.5. The van der Waals surface area contributed by atoms with Gasteiger partial charge in [-0.3, -0.25) is 4.79 Å². The molecule has 4 heteroatoms. The van der Waals surface area contributed by atoms with Crippen molar-refractivity contribution in [3.63, 3.8) is 0 Å². The number of ether oxygens (including phenoxy) is 1. The number of hydrogen-bond acceptors (Lipinski definition) is 2. The first-order valence-corrected chi connectivity index (χ1v) is 8.00. The van der Waals surface area contributed by atoms with Crippen molar-refractivity contribution in [2.75, 3.05) is 5.33 Å². The number of halogens is 1. The number of rotatable bonds is 5. The predicted molar refractivity (Wildman–Crippen MR) is 77.9 cm³/mol. The fraction of sp³-hybridized carbons (Fsp3) is 0.929. The summed E-state index contributed by atoms with van der Waals surface area (Å²) >= 11 is 3.46. The Bertz CT molecular complexity index is 298. The van der Waals surface area contributed by atoms with Crippen LogP contribution in [0.5, 0.6) is 0 Å². The van der Waals surface area contributed by atoms with Gasteiger partial charge in [-0.15, -0.1) is 0 Å². The lowest BCUT2D eigenvalue weighted by molar-refractivity contribution is -0.129. The van der Waals surface area contributed by atoms with E-state index in [-0.39, 0.29) is 35.5 Å². The molecular weight excluding hydrogens is 294 g/mol. The van der Waals surface area contributed by atoms with E-state index >= 15 is 0 Å². The molecule has 18 heavy (non-hydrogen) atoms. The second-order valence-electron chi connectivity index (χ2n) is 5.77. The van der Waals surface area contributed by atoms with Crippen LogP contribution in [-0.2, 0) is 9.53 Å². The van der Waals surface area contributed by atoms with Crippen LogP contribution in [-0.4, -0.2) is 29.0 Å². The zero-order valence-corrected chi connectivity index (χ0v) is 13.7. The van der Waals surface area contributed by atoms with Gasteiger partial charge in [0.25, 0.3) is 0 Å². The Morgan fingerprint density at radius 3 is 2.33 bits per heavy atom. The number of alkyl halides is 1. The van der Waals surface area contributed by atoms with Crippen LogP contribution in [0.1, 0.15) is 47.5 Å². The third-order valence-corrected chi connectivity index (χ3v) is 4.79. The van der Waals surface area contributed by atoms with E-state index in [4.69, 9.17) is 4.74 Å². The first-order valence-electron chi connectivity index (χ1n) is 6.88. The minimum absolute atomic E-state index is 0.0140. The highest BCUT2D eigenvalue weighted by Gasteiger charge is 2.42. The monoisotopic (exact) mass is 319 g/mol. The SMILES string of the molecule is CCC(C)(CCBr)NC(=O)C1C(C)OC(C)C1C. The first-order chi connectivity index (χ1) is 8.34. The summed E-state index contributed by atoms with van der Waals surface area (Å²) in [6.45, 7) is 10.4. The molecule has 1 fully saturated rings.